The molecule has 0 spiro atoms. The molecule has 1 atom stereocenters. The molecule has 0 bridgehead atoms. The van der Waals surface area contributed by atoms with Crippen molar-refractivity contribution in [2.24, 2.45) is 0 Å². The van der Waals surface area contributed by atoms with Crippen LogP contribution in [-0.4, -0.2) is 27.0 Å². The molecule has 0 amide bonds. The Balaban J connectivity index is 3.80. The van der Waals surface area contributed by atoms with Gasteiger partial charge in [0.2, 0.25) is 0 Å². The van der Waals surface area contributed by atoms with E-state index in [-0.39, 0.29) is 12.1 Å². The third kappa shape index (κ3) is 6.86. The first-order chi connectivity index (χ1) is 6.22. The van der Waals surface area contributed by atoms with Gasteiger partial charge >= 0.3 is 5.97 Å². The van der Waals surface area contributed by atoms with E-state index in [1.165, 1.54) is 0 Å². The van der Waals surface area contributed by atoms with Gasteiger partial charge < -0.3 is 9.16 Å². The highest BCUT2D eigenvalue weighted by Gasteiger charge is 2.19. The molecule has 0 aromatic rings. The van der Waals surface area contributed by atoms with Crippen LogP contribution in [0.3, 0.4) is 0 Å². The quantitative estimate of drug-likeness (QED) is 0.402. The molecular formula is C10H20O3Si. The summed E-state index contributed by atoms with van der Waals surface area (Å²) in [5.74, 6) is -0.351. The molecule has 0 aromatic heterocycles. The molecule has 0 N–H and O–H groups in total. The fourth-order valence-electron chi connectivity index (χ4n) is 0.954. The standard InChI is InChI=1S/C10H20O3Si/c1-8(2)10(11)12-7-9(3)13-14(4,5)6/h9H,1,7H2,2-6H3. The van der Waals surface area contributed by atoms with Gasteiger partial charge in [0.25, 0.3) is 0 Å². The SMILES string of the molecule is C=C(C)C(=O)OCC(C)O[Si](C)(C)C. The maximum Gasteiger partial charge on any atom is 0.333 e. The minimum absolute atomic E-state index is 0.0371. The lowest BCUT2D eigenvalue weighted by Gasteiger charge is -2.23. The van der Waals surface area contributed by atoms with Crippen molar-refractivity contribution in [1.82, 2.24) is 0 Å². The highest BCUT2D eigenvalue weighted by molar-refractivity contribution is 6.69. The van der Waals surface area contributed by atoms with E-state index in [0.29, 0.717) is 12.2 Å². The average Bonchev–Trinajstić information content (AvgIpc) is 1.96. The highest BCUT2D eigenvalue weighted by atomic mass is 28.4. The van der Waals surface area contributed by atoms with Gasteiger partial charge in [-0.2, -0.15) is 0 Å². The Morgan fingerprint density at radius 1 is 1.43 bits per heavy atom. The van der Waals surface area contributed by atoms with E-state index in [4.69, 9.17) is 9.16 Å². The monoisotopic (exact) mass is 216 g/mol. The van der Waals surface area contributed by atoms with Crippen molar-refractivity contribution < 1.29 is 14.0 Å². The molecule has 14 heavy (non-hydrogen) atoms. The molecule has 0 saturated heterocycles. The van der Waals surface area contributed by atoms with Crippen LogP contribution in [-0.2, 0) is 14.0 Å². The molecule has 4 heteroatoms. The topological polar surface area (TPSA) is 35.5 Å². The Labute approximate surface area is 87.2 Å². The number of ether oxygens (including phenoxy) is 1. The van der Waals surface area contributed by atoms with Crippen LogP contribution in [0.15, 0.2) is 12.2 Å². The fourth-order valence-corrected chi connectivity index (χ4v) is 2.23. The molecule has 3 nitrogen and oxygen atoms in total. The van der Waals surface area contributed by atoms with Gasteiger partial charge in [-0.1, -0.05) is 6.58 Å². The summed E-state index contributed by atoms with van der Waals surface area (Å²) < 4.78 is 10.7. The molecule has 0 aliphatic rings. The summed E-state index contributed by atoms with van der Waals surface area (Å²) in [6.07, 6.45) is -0.0371. The Bertz CT molecular complexity index is 218. The minimum atomic E-state index is -1.53. The normalized spacial score (nSPS) is 13.5. The zero-order valence-corrected chi connectivity index (χ0v) is 10.7. The van der Waals surface area contributed by atoms with Crippen molar-refractivity contribution in [2.45, 2.75) is 39.6 Å². The second-order valence-electron chi connectivity index (χ2n) is 4.42. The van der Waals surface area contributed by atoms with Gasteiger partial charge in [-0.05, 0) is 33.5 Å². The zero-order chi connectivity index (χ0) is 11.4. The van der Waals surface area contributed by atoms with Crippen molar-refractivity contribution in [3.63, 3.8) is 0 Å². The highest BCUT2D eigenvalue weighted by Crippen LogP contribution is 2.07. The third-order valence-corrected chi connectivity index (χ3v) is 2.46. The Morgan fingerprint density at radius 2 is 1.93 bits per heavy atom. The second-order valence-corrected chi connectivity index (χ2v) is 8.88. The van der Waals surface area contributed by atoms with Crippen molar-refractivity contribution in [3.8, 4) is 0 Å². The smallest absolute Gasteiger partial charge is 0.333 e. The predicted molar refractivity (Wildman–Crippen MR) is 59.7 cm³/mol. The fraction of sp³-hybridized carbons (Fsp3) is 0.700. The van der Waals surface area contributed by atoms with E-state index in [1.807, 2.05) is 6.92 Å². The van der Waals surface area contributed by atoms with E-state index >= 15 is 0 Å². The van der Waals surface area contributed by atoms with Gasteiger partial charge in [-0.15, -0.1) is 0 Å². The maximum absolute atomic E-state index is 11.0. The van der Waals surface area contributed by atoms with Crippen molar-refractivity contribution in [3.05, 3.63) is 12.2 Å². The van der Waals surface area contributed by atoms with Crippen molar-refractivity contribution in [2.75, 3.05) is 6.61 Å². The van der Waals surface area contributed by atoms with Crippen LogP contribution in [0, 0.1) is 0 Å². The van der Waals surface area contributed by atoms with Crippen LogP contribution in [0.5, 0.6) is 0 Å². The van der Waals surface area contributed by atoms with Gasteiger partial charge in [-0.25, -0.2) is 4.79 Å². The molecule has 0 rings (SSSR count). The van der Waals surface area contributed by atoms with Crippen molar-refractivity contribution >= 4 is 14.3 Å². The van der Waals surface area contributed by atoms with E-state index in [2.05, 4.69) is 26.2 Å². The van der Waals surface area contributed by atoms with E-state index in [9.17, 15) is 4.79 Å². The van der Waals surface area contributed by atoms with E-state index in [1.54, 1.807) is 6.92 Å². The number of carbonyl (C=O) groups excluding carboxylic acids is 1. The van der Waals surface area contributed by atoms with Gasteiger partial charge in [0, 0.05) is 5.57 Å². The molecule has 82 valence electrons. The van der Waals surface area contributed by atoms with Gasteiger partial charge in [-0.3, -0.25) is 0 Å². The summed E-state index contributed by atoms with van der Waals surface area (Å²) in [7, 11) is -1.53. The summed E-state index contributed by atoms with van der Waals surface area (Å²) in [5.41, 5.74) is 0.421. The third-order valence-electron chi connectivity index (χ3n) is 1.35. The Kier molecular flexibility index (Phi) is 5.08. The zero-order valence-electron chi connectivity index (χ0n) is 9.72. The molecular weight excluding hydrogens is 196 g/mol. The summed E-state index contributed by atoms with van der Waals surface area (Å²) in [6, 6.07) is 0. The van der Waals surface area contributed by atoms with Crippen LogP contribution < -0.4 is 0 Å². The van der Waals surface area contributed by atoms with Crippen molar-refractivity contribution in [1.29, 1.82) is 0 Å². The Morgan fingerprint density at radius 3 is 2.29 bits per heavy atom. The molecule has 1 unspecified atom stereocenters. The first-order valence-electron chi connectivity index (χ1n) is 4.73. The van der Waals surface area contributed by atoms with Crippen LogP contribution in [0.1, 0.15) is 13.8 Å². The largest absolute Gasteiger partial charge is 0.460 e. The lowest BCUT2D eigenvalue weighted by Crippen LogP contribution is -2.33. The van der Waals surface area contributed by atoms with Gasteiger partial charge in [0.1, 0.15) is 6.61 Å². The molecule has 0 heterocycles. The minimum Gasteiger partial charge on any atom is -0.460 e. The maximum atomic E-state index is 11.0. The molecule has 0 radical (unpaired) electrons. The molecule has 0 aromatic carbocycles. The lowest BCUT2D eigenvalue weighted by atomic mass is 10.3. The molecule has 0 fully saturated rings. The summed E-state index contributed by atoms with van der Waals surface area (Å²) >= 11 is 0. The molecule has 0 aliphatic carbocycles. The first kappa shape index (κ1) is 13.4. The van der Waals surface area contributed by atoms with E-state index in [0.717, 1.165) is 0 Å². The van der Waals surface area contributed by atoms with Crippen LogP contribution in [0.2, 0.25) is 19.6 Å². The van der Waals surface area contributed by atoms with Crippen LogP contribution in [0.25, 0.3) is 0 Å². The summed E-state index contributed by atoms with van der Waals surface area (Å²) in [5, 5.41) is 0. The molecule has 0 aliphatic heterocycles. The predicted octanol–water partition coefficient (Wildman–Crippen LogP) is 2.35. The van der Waals surface area contributed by atoms with Gasteiger partial charge in [0.15, 0.2) is 8.32 Å². The number of hydrogen-bond acceptors (Lipinski definition) is 3. The summed E-state index contributed by atoms with van der Waals surface area (Å²) in [4.78, 5) is 11.0. The average molecular weight is 216 g/mol. The molecule has 0 saturated carbocycles. The number of esters is 1. The first-order valence-corrected chi connectivity index (χ1v) is 8.13. The van der Waals surface area contributed by atoms with Gasteiger partial charge in [0.05, 0.1) is 6.10 Å². The van der Waals surface area contributed by atoms with Crippen LogP contribution in [0.4, 0.5) is 0 Å². The second kappa shape index (κ2) is 5.31. The number of carbonyl (C=O) groups is 1. The van der Waals surface area contributed by atoms with Crippen LogP contribution >= 0.6 is 0 Å². The lowest BCUT2D eigenvalue weighted by molar-refractivity contribution is -0.141. The number of rotatable bonds is 5. The Hall–Kier alpha value is -0.613. The number of hydrogen-bond donors (Lipinski definition) is 0. The van der Waals surface area contributed by atoms with E-state index < -0.39 is 8.32 Å². The summed E-state index contributed by atoms with van der Waals surface area (Å²) in [6.45, 7) is 13.6.